The Bertz CT molecular complexity index is 339. The third kappa shape index (κ3) is 1.16. The van der Waals surface area contributed by atoms with Gasteiger partial charge in [-0.1, -0.05) is 0 Å². The Kier molecular flexibility index (Phi) is 1.73. The molecular formula is C9H12N2O. The summed E-state index contributed by atoms with van der Waals surface area (Å²) in [5.74, 6) is 0.425. The molecule has 12 heavy (non-hydrogen) atoms. The molecule has 2 N–H and O–H groups in total. The maximum Gasteiger partial charge on any atom is 0.185 e. The molecule has 0 bridgehead atoms. The van der Waals surface area contributed by atoms with Gasteiger partial charge in [-0.25, -0.2) is 0 Å². The van der Waals surface area contributed by atoms with Crippen LogP contribution in [-0.4, -0.2) is 18.1 Å². The number of aromatic amines is 1. The van der Waals surface area contributed by atoms with Gasteiger partial charge in [-0.05, 0) is 6.92 Å². The van der Waals surface area contributed by atoms with E-state index in [-0.39, 0.29) is 5.43 Å². The number of H-pyrrole nitrogens is 1. The van der Waals surface area contributed by atoms with Gasteiger partial charge in [0.2, 0.25) is 0 Å². The molecule has 1 aliphatic heterocycles. The zero-order valence-corrected chi connectivity index (χ0v) is 7.05. The summed E-state index contributed by atoms with van der Waals surface area (Å²) in [5, 5.41) is 3.15. The van der Waals surface area contributed by atoms with Crippen molar-refractivity contribution in [2.45, 2.75) is 12.8 Å². The molecule has 3 nitrogen and oxygen atoms in total. The van der Waals surface area contributed by atoms with E-state index in [9.17, 15) is 4.79 Å². The molecule has 0 radical (unpaired) electrons. The van der Waals surface area contributed by atoms with Crippen LogP contribution in [0.4, 0.5) is 0 Å². The summed E-state index contributed by atoms with van der Waals surface area (Å²) in [6, 6.07) is 1.66. The van der Waals surface area contributed by atoms with E-state index < -0.39 is 0 Å². The van der Waals surface area contributed by atoms with Crippen LogP contribution >= 0.6 is 0 Å². The summed E-state index contributed by atoms with van der Waals surface area (Å²) < 4.78 is 0. The van der Waals surface area contributed by atoms with Gasteiger partial charge >= 0.3 is 0 Å². The lowest BCUT2D eigenvalue weighted by molar-refractivity contribution is 0.445. The van der Waals surface area contributed by atoms with Gasteiger partial charge in [0, 0.05) is 42.5 Å². The average Bonchev–Trinajstić information content (AvgIpc) is 1.91. The van der Waals surface area contributed by atoms with E-state index in [0.29, 0.717) is 5.92 Å². The quantitative estimate of drug-likeness (QED) is 0.630. The minimum absolute atomic E-state index is 0.165. The van der Waals surface area contributed by atoms with Gasteiger partial charge in [0.1, 0.15) is 0 Å². The van der Waals surface area contributed by atoms with Gasteiger partial charge in [-0.2, -0.15) is 0 Å². The monoisotopic (exact) mass is 164 g/mol. The summed E-state index contributed by atoms with van der Waals surface area (Å²) in [7, 11) is 0. The van der Waals surface area contributed by atoms with Crippen molar-refractivity contribution in [1.29, 1.82) is 0 Å². The lowest BCUT2D eigenvalue weighted by Crippen LogP contribution is -2.42. The second-order valence-corrected chi connectivity index (χ2v) is 3.29. The summed E-state index contributed by atoms with van der Waals surface area (Å²) in [5.41, 5.74) is 2.01. The number of aryl methyl sites for hydroxylation is 1. The highest BCUT2D eigenvalue weighted by Gasteiger charge is 2.20. The van der Waals surface area contributed by atoms with Crippen molar-refractivity contribution in [3.63, 3.8) is 0 Å². The molecule has 64 valence electrons. The molecule has 0 unspecified atom stereocenters. The Morgan fingerprint density at radius 3 is 2.75 bits per heavy atom. The average molecular weight is 164 g/mol. The Hall–Kier alpha value is -1.09. The zero-order valence-electron chi connectivity index (χ0n) is 7.05. The van der Waals surface area contributed by atoms with Crippen LogP contribution in [-0.2, 0) is 0 Å². The molecule has 0 aromatic carbocycles. The van der Waals surface area contributed by atoms with Crippen molar-refractivity contribution in [3.05, 3.63) is 33.7 Å². The molecule has 1 aliphatic rings. The number of hydrogen-bond donors (Lipinski definition) is 2. The molecule has 0 aliphatic carbocycles. The Morgan fingerprint density at radius 2 is 2.25 bits per heavy atom. The first-order chi connectivity index (χ1) is 5.77. The predicted molar refractivity (Wildman–Crippen MR) is 47.4 cm³/mol. The number of rotatable bonds is 1. The number of aromatic nitrogens is 1. The summed E-state index contributed by atoms with van der Waals surface area (Å²) in [6.45, 7) is 3.77. The van der Waals surface area contributed by atoms with Crippen LogP contribution in [0.2, 0.25) is 0 Å². The van der Waals surface area contributed by atoms with Gasteiger partial charge in [0.15, 0.2) is 5.43 Å². The first kappa shape index (κ1) is 7.55. The molecular weight excluding hydrogens is 152 g/mol. The fourth-order valence-corrected chi connectivity index (χ4v) is 1.41. The lowest BCUT2D eigenvalue weighted by Gasteiger charge is -2.26. The second-order valence-electron chi connectivity index (χ2n) is 3.29. The fourth-order valence-electron chi connectivity index (χ4n) is 1.41. The maximum absolute atomic E-state index is 11.4. The van der Waals surface area contributed by atoms with E-state index in [2.05, 4.69) is 10.3 Å². The standard InChI is InChI=1S/C9H12N2O/c1-6-2-9(12)8(5-11-6)7-3-10-4-7/h2,5,7,10H,3-4H2,1H3,(H,11,12). The number of hydrogen-bond acceptors (Lipinski definition) is 2. The van der Waals surface area contributed by atoms with E-state index in [1.165, 1.54) is 0 Å². The number of nitrogens with one attached hydrogen (secondary N) is 2. The highest BCUT2D eigenvalue weighted by Crippen LogP contribution is 2.14. The second kappa shape index (κ2) is 2.75. The minimum atomic E-state index is 0.165. The van der Waals surface area contributed by atoms with Crippen LogP contribution in [0.1, 0.15) is 17.2 Å². The molecule has 0 saturated carbocycles. The molecule has 2 heterocycles. The molecule has 1 aromatic heterocycles. The Balaban J connectivity index is 2.37. The van der Waals surface area contributed by atoms with E-state index in [1.54, 1.807) is 6.07 Å². The first-order valence-corrected chi connectivity index (χ1v) is 4.17. The molecule has 1 fully saturated rings. The van der Waals surface area contributed by atoms with Gasteiger partial charge in [0.05, 0.1) is 0 Å². The van der Waals surface area contributed by atoms with Gasteiger partial charge in [0.25, 0.3) is 0 Å². The van der Waals surface area contributed by atoms with Gasteiger partial charge in [-0.3, -0.25) is 4.79 Å². The molecule has 1 aromatic rings. The van der Waals surface area contributed by atoms with E-state index >= 15 is 0 Å². The molecule has 2 rings (SSSR count). The first-order valence-electron chi connectivity index (χ1n) is 4.17. The van der Waals surface area contributed by atoms with Crippen LogP contribution in [0.25, 0.3) is 0 Å². The van der Waals surface area contributed by atoms with Crippen molar-refractivity contribution < 1.29 is 0 Å². The highest BCUT2D eigenvalue weighted by atomic mass is 16.1. The van der Waals surface area contributed by atoms with Crippen LogP contribution < -0.4 is 10.7 Å². The van der Waals surface area contributed by atoms with Gasteiger partial charge < -0.3 is 10.3 Å². The van der Waals surface area contributed by atoms with E-state index in [4.69, 9.17) is 0 Å². The lowest BCUT2D eigenvalue weighted by atomic mass is 9.95. The van der Waals surface area contributed by atoms with Crippen LogP contribution in [0, 0.1) is 6.92 Å². The summed E-state index contributed by atoms with van der Waals surface area (Å²) in [6.07, 6.45) is 1.84. The van der Waals surface area contributed by atoms with Crippen molar-refractivity contribution in [3.8, 4) is 0 Å². The van der Waals surface area contributed by atoms with Crippen molar-refractivity contribution in [2.75, 3.05) is 13.1 Å². The fraction of sp³-hybridized carbons (Fsp3) is 0.444. The Labute approximate surface area is 70.8 Å². The molecule has 3 heteroatoms. The van der Waals surface area contributed by atoms with Crippen molar-refractivity contribution in [1.82, 2.24) is 10.3 Å². The largest absolute Gasteiger partial charge is 0.365 e. The molecule has 0 atom stereocenters. The van der Waals surface area contributed by atoms with E-state index in [1.807, 2.05) is 13.1 Å². The number of pyridine rings is 1. The van der Waals surface area contributed by atoms with Crippen LogP contribution in [0.3, 0.4) is 0 Å². The Morgan fingerprint density at radius 1 is 1.50 bits per heavy atom. The highest BCUT2D eigenvalue weighted by molar-refractivity contribution is 5.21. The predicted octanol–water partition coefficient (Wildman–Crippen LogP) is 0.370. The SMILES string of the molecule is Cc1cc(=O)c(C2CNC2)c[nH]1. The van der Waals surface area contributed by atoms with Gasteiger partial charge in [-0.15, -0.1) is 0 Å². The molecule has 0 amide bonds. The normalized spacial score (nSPS) is 17.4. The van der Waals surface area contributed by atoms with Crippen LogP contribution in [0.5, 0.6) is 0 Å². The minimum Gasteiger partial charge on any atom is -0.365 e. The third-order valence-electron chi connectivity index (χ3n) is 2.31. The zero-order chi connectivity index (χ0) is 8.55. The summed E-state index contributed by atoms with van der Waals surface area (Å²) >= 11 is 0. The topological polar surface area (TPSA) is 44.9 Å². The smallest absolute Gasteiger partial charge is 0.185 e. The summed E-state index contributed by atoms with van der Waals surface area (Å²) in [4.78, 5) is 14.5. The maximum atomic E-state index is 11.4. The van der Waals surface area contributed by atoms with Crippen molar-refractivity contribution >= 4 is 0 Å². The molecule has 1 saturated heterocycles. The van der Waals surface area contributed by atoms with E-state index in [0.717, 1.165) is 24.3 Å². The van der Waals surface area contributed by atoms with Crippen LogP contribution in [0.15, 0.2) is 17.1 Å². The van der Waals surface area contributed by atoms with Crippen molar-refractivity contribution in [2.24, 2.45) is 0 Å². The third-order valence-corrected chi connectivity index (χ3v) is 2.31. The molecule has 0 spiro atoms.